The van der Waals surface area contributed by atoms with E-state index in [9.17, 15) is 0 Å². The molecule has 2 aromatic rings. The third-order valence-corrected chi connectivity index (χ3v) is 3.01. The van der Waals surface area contributed by atoms with Gasteiger partial charge in [0.05, 0.1) is 0 Å². The smallest absolute Gasteiger partial charge is 0.115 e. The van der Waals surface area contributed by atoms with E-state index in [0.717, 1.165) is 25.0 Å². The molecule has 0 bridgehead atoms. The lowest BCUT2D eigenvalue weighted by molar-refractivity contribution is 0.914. The molecule has 0 fully saturated rings. The van der Waals surface area contributed by atoms with Gasteiger partial charge in [0.25, 0.3) is 0 Å². The summed E-state index contributed by atoms with van der Waals surface area (Å²) >= 11 is 0. The molecular formula is C18H20N2. The van der Waals surface area contributed by atoms with Crippen LogP contribution in [0.25, 0.3) is 0 Å². The Morgan fingerprint density at radius 3 is 2.35 bits per heavy atom. The van der Waals surface area contributed by atoms with E-state index in [0.29, 0.717) is 0 Å². The van der Waals surface area contributed by atoms with E-state index < -0.39 is 0 Å². The first kappa shape index (κ1) is 14.2. The molecule has 20 heavy (non-hydrogen) atoms. The molecule has 1 heterocycles. The van der Waals surface area contributed by atoms with Gasteiger partial charge >= 0.3 is 0 Å². The average molecular weight is 264 g/mol. The van der Waals surface area contributed by atoms with Crippen LogP contribution in [0, 0.1) is 0 Å². The zero-order chi connectivity index (χ0) is 14.0. The molecule has 0 aliphatic heterocycles. The molecule has 1 aromatic carbocycles. The summed E-state index contributed by atoms with van der Waals surface area (Å²) < 4.78 is 0. The largest absolute Gasteiger partial charge is 0.245 e. The van der Waals surface area contributed by atoms with Gasteiger partial charge < -0.3 is 0 Å². The molecule has 2 nitrogen and oxygen atoms in total. The molecule has 0 atom stereocenters. The van der Waals surface area contributed by atoms with Crippen molar-refractivity contribution in [3.05, 3.63) is 83.9 Å². The van der Waals surface area contributed by atoms with Crippen molar-refractivity contribution >= 4 is 0 Å². The summed E-state index contributed by atoms with van der Waals surface area (Å²) in [5, 5.41) is 0. The van der Waals surface area contributed by atoms with Gasteiger partial charge in [0.15, 0.2) is 0 Å². The van der Waals surface area contributed by atoms with E-state index in [2.05, 4.69) is 41.2 Å². The van der Waals surface area contributed by atoms with Gasteiger partial charge in [0.2, 0.25) is 0 Å². The fraction of sp³-hybridized carbons (Fsp3) is 0.222. The predicted molar refractivity (Wildman–Crippen MR) is 82.9 cm³/mol. The number of rotatable bonds is 4. The fourth-order valence-corrected chi connectivity index (χ4v) is 2.01. The van der Waals surface area contributed by atoms with Crippen LogP contribution in [0.4, 0.5) is 0 Å². The van der Waals surface area contributed by atoms with Gasteiger partial charge in [-0.05, 0) is 23.6 Å². The van der Waals surface area contributed by atoms with Gasteiger partial charge in [-0.1, -0.05) is 61.9 Å². The molecule has 0 unspecified atom stereocenters. The van der Waals surface area contributed by atoms with Crippen LogP contribution in [0.15, 0.2) is 67.1 Å². The van der Waals surface area contributed by atoms with Crippen molar-refractivity contribution in [3.8, 4) is 0 Å². The highest BCUT2D eigenvalue weighted by Gasteiger charge is 1.94. The molecule has 0 amide bonds. The topological polar surface area (TPSA) is 25.8 Å². The van der Waals surface area contributed by atoms with Crippen LogP contribution in [0.1, 0.15) is 30.2 Å². The second-order valence-electron chi connectivity index (χ2n) is 4.72. The van der Waals surface area contributed by atoms with Crippen LogP contribution in [-0.4, -0.2) is 9.97 Å². The molecule has 1 aromatic heterocycles. The molecule has 0 saturated carbocycles. The minimum Gasteiger partial charge on any atom is -0.245 e. The summed E-state index contributed by atoms with van der Waals surface area (Å²) in [5.41, 5.74) is 3.50. The molecule has 0 spiro atoms. The summed E-state index contributed by atoms with van der Waals surface area (Å²) in [6.07, 6.45) is 6.52. The molecule has 2 heteroatoms. The first-order chi connectivity index (χ1) is 9.88. The predicted octanol–water partition coefficient (Wildman–Crippen LogP) is 4.14. The highest BCUT2D eigenvalue weighted by molar-refractivity contribution is 5.20. The SMILES string of the molecule is CCCc1ccccc(Cc2ccccc2)ncnc1. The van der Waals surface area contributed by atoms with E-state index in [4.69, 9.17) is 0 Å². The third-order valence-electron chi connectivity index (χ3n) is 3.01. The highest BCUT2D eigenvalue weighted by Crippen LogP contribution is 2.05. The maximum atomic E-state index is 4.43. The molecule has 0 aliphatic carbocycles. The van der Waals surface area contributed by atoms with Crippen LogP contribution in [0.5, 0.6) is 0 Å². The van der Waals surface area contributed by atoms with Crippen LogP contribution in [0.3, 0.4) is 0 Å². The first-order valence-corrected chi connectivity index (χ1v) is 7.04. The number of benzene rings is 1. The third kappa shape index (κ3) is 4.81. The van der Waals surface area contributed by atoms with Crippen molar-refractivity contribution in [1.29, 1.82) is 0 Å². The van der Waals surface area contributed by atoms with Gasteiger partial charge in [-0.2, -0.15) is 0 Å². The number of aromatic nitrogens is 2. The second kappa shape index (κ2) is 8.05. The van der Waals surface area contributed by atoms with E-state index >= 15 is 0 Å². The highest BCUT2D eigenvalue weighted by atomic mass is 14.8. The molecule has 0 radical (unpaired) electrons. The summed E-state index contributed by atoms with van der Waals surface area (Å²) in [5.74, 6) is 0. The first-order valence-electron chi connectivity index (χ1n) is 7.04. The minimum absolute atomic E-state index is 0.822. The zero-order valence-corrected chi connectivity index (χ0v) is 11.9. The number of nitrogens with zero attached hydrogens (tertiary/aromatic N) is 2. The second-order valence-corrected chi connectivity index (χ2v) is 4.72. The van der Waals surface area contributed by atoms with Crippen molar-refractivity contribution < 1.29 is 0 Å². The Morgan fingerprint density at radius 2 is 1.55 bits per heavy atom. The fourth-order valence-electron chi connectivity index (χ4n) is 2.01. The lowest BCUT2D eigenvalue weighted by Crippen LogP contribution is -1.89. The molecule has 0 saturated heterocycles. The monoisotopic (exact) mass is 264 g/mol. The zero-order valence-electron chi connectivity index (χ0n) is 11.9. The van der Waals surface area contributed by atoms with Crippen molar-refractivity contribution in [1.82, 2.24) is 9.97 Å². The van der Waals surface area contributed by atoms with Crippen molar-refractivity contribution in [2.24, 2.45) is 0 Å². The summed E-state index contributed by atoms with van der Waals surface area (Å²) in [4.78, 5) is 8.70. The van der Waals surface area contributed by atoms with Gasteiger partial charge in [-0.15, -0.1) is 0 Å². The van der Waals surface area contributed by atoms with E-state index in [1.54, 1.807) is 6.33 Å². The molecular weight excluding hydrogens is 244 g/mol. The Kier molecular flexibility index (Phi) is 5.71. The van der Waals surface area contributed by atoms with Crippen molar-refractivity contribution in [2.45, 2.75) is 26.2 Å². The van der Waals surface area contributed by atoms with E-state index in [1.807, 2.05) is 36.5 Å². The van der Waals surface area contributed by atoms with Gasteiger partial charge in [-0.25, -0.2) is 9.97 Å². The normalized spacial score (nSPS) is 9.85. The van der Waals surface area contributed by atoms with Crippen molar-refractivity contribution in [3.63, 3.8) is 0 Å². The van der Waals surface area contributed by atoms with E-state index in [-0.39, 0.29) is 0 Å². The molecule has 102 valence electrons. The Balaban J connectivity index is 2.23. The van der Waals surface area contributed by atoms with Gasteiger partial charge in [-0.3, -0.25) is 0 Å². The maximum absolute atomic E-state index is 4.43. The Bertz CT molecular complexity index is 550. The van der Waals surface area contributed by atoms with Gasteiger partial charge in [0.1, 0.15) is 6.33 Å². The van der Waals surface area contributed by atoms with Crippen LogP contribution >= 0.6 is 0 Å². The summed E-state index contributed by atoms with van der Waals surface area (Å²) in [6, 6.07) is 18.6. The van der Waals surface area contributed by atoms with Crippen LogP contribution < -0.4 is 0 Å². The Hall–Kier alpha value is -2.22. The number of hydrogen-bond acceptors (Lipinski definition) is 2. The van der Waals surface area contributed by atoms with Gasteiger partial charge in [0, 0.05) is 18.3 Å². The summed E-state index contributed by atoms with van der Waals surface area (Å²) in [6.45, 7) is 2.17. The maximum Gasteiger partial charge on any atom is 0.115 e. The standard InChI is InChI=1S/C18H20N2/c1-2-8-17-11-6-7-12-18(20-15-19-14-17)13-16-9-4-3-5-10-16/h3-7,9-12,14-15H,2,8,13H2,1H3. The molecule has 0 aliphatic rings. The Labute approximate surface area is 120 Å². The van der Waals surface area contributed by atoms with Crippen LogP contribution in [0.2, 0.25) is 0 Å². The van der Waals surface area contributed by atoms with Crippen molar-refractivity contribution in [2.75, 3.05) is 0 Å². The average Bonchev–Trinajstić information content (AvgIpc) is 2.48. The molecule has 0 N–H and O–H groups in total. The minimum atomic E-state index is 0.822. The Morgan fingerprint density at radius 1 is 0.850 bits per heavy atom. The lowest BCUT2D eigenvalue weighted by Gasteiger charge is -1.98. The lowest BCUT2D eigenvalue weighted by atomic mass is 10.1. The summed E-state index contributed by atoms with van der Waals surface area (Å²) in [7, 11) is 0. The van der Waals surface area contributed by atoms with E-state index in [1.165, 1.54) is 11.1 Å². The number of hydrogen-bond donors (Lipinski definition) is 0. The van der Waals surface area contributed by atoms with Crippen LogP contribution in [-0.2, 0) is 12.8 Å². The number of aryl methyl sites for hydroxylation is 1. The molecule has 2 rings (SSSR count). The quantitative estimate of drug-likeness (QED) is 0.829.